The highest BCUT2D eigenvalue weighted by Gasteiger charge is 2.09. The van der Waals surface area contributed by atoms with Crippen LogP contribution >= 0.6 is 0 Å². The highest BCUT2D eigenvalue weighted by atomic mass is 19.2. The zero-order chi connectivity index (χ0) is 14.4. The molecule has 0 radical (unpaired) electrons. The molecule has 0 saturated carbocycles. The summed E-state index contributed by atoms with van der Waals surface area (Å²) in [7, 11) is 0. The summed E-state index contributed by atoms with van der Waals surface area (Å²) in [6.07, 6.45) is 0. The van der Waals surface area contributed by atoms with Gasteiger partial charge in [0, 0.05) is 37.2 Å². The third kappa shape index (κ3) is 4.90. The Hall–Kier alpha value is -1.56. The highest BCUT2D eigenvalue weighted by molar-refractivity contribution is 5.77. The fraction of sp³-hybridized carbons (Fsp3) is 0.462. The van der Waals surface area contributed by atoms with Crippen LogP contribution in [0, 0.1) is 23.4 Å². The molecule has 0 bridgehead atoms. The summed E-state index contributed by atoms with van der Waals surface area (Å²) in [6, 6.07) is 1.34. The fourth-order valence-electron chi connectivity index (χ4n) is 1.40. The summed E-state index contributed by atoms with van der Waals surface area (Å²) in [4.78, 5) is 11.2. The van der Waals surface area contributed by atoms with Gasteiger partial charge in [0.05, 0.1) is 0 Å². The van der Waals surface area contributed by atoms with E-state index in [1.165, 1.54) is 0 Å². The maximum Gasteiger partial charge on any atom is 0.222 e. The molecule has 0 unspecified atom stereocenters. The maximum atomic E-state index is 13.3. The van der Waals surface area contributed by atoms with Gasteiger partial charge < -0.3 is 10.6 Å². The average molecular weight is 274 g/mol. The molecule has 0 aliphatic rings. The van der Waals surface area contributed by atoms with Crippen LogP contribution in [0.1, 0.15) is 19.4 Å². The van der Waals surface area contributed by atoms with Crippen LogP contribution in [0.15, 0.2) is 12.1 Å². The zero-order valence-electron chi connectivity index (χ0n) is 10.9. The van der Waals surface area contributed by atoms with Gasteiger partial charge in [0.15, 0.2) is 11.6 Å². The summed E-state index contributed by atoms with van der Waals surface area (Å²) in [5, 5.41) is 5.51. The molecule has 0 spiro atoms. The van der Waals surface area contributed by atoms with E-state index in [4.69, 9.17) is 0 Å². The Morgan fingerprint density at radius 3 is 2.37 bits per heavy atom. The Morgan fingerprint density at radius 1 is 1.11 bits per heavy atom. The molecule has 1 amide bonds. The lowest BCUT2D eigenvalue weighted by atomic mass is 10.2. The maximum absolute atomic E-state index is 13.3. The first-order valence-corrected chi connectivity index (χ1v) is 6.03. The molecule has 1 aromatic carbocycles. The number of halogens is 3. The topological polar surface area (TPSA) is 41.1 Å². The second-order valence-corrected chi connectivity index (χ2v) is 4.48. The van der Waals surface area contributed by atoms with Crippen LogP contribution in [-0.2, 0) is 11.3 Å². The summed E-state index contributed by atoms with van der Waals surface area (Å²) in [5.74, 6) is -3.24. The molecule has 0 aliphatic heterocycles. The van der Waals surface area contributed by atoms with Crippen LogP contribution in [0.2, 0.25) is 0 Å². The number of benzene rings is 1. The number of carbonyl (C=O) groups is 1. The van der Waals surface area contributed by atoms with E-state index < -0.39 is 17.5 Å². The van der Waals surface area contributed by atoms with Gasteiger partial charge in [-0.25, -0.2) is 13.2 Å². The van der Waals surface area contributed by atoms with Crippen LogP contribution in [0.4, 0.5) is 13.2 Å². The predicted octanol–water partition coefficient (Wildman–Crippen LogP) is 1.97. The molecule has 2 N–H and O–H groups in total. The minimum Gasteiger partial charge on any atom is -0.355 e. The van der Waals surface area contributed by atoms with Crippen molar-refractivity contribution < 1.29 is 18.0 Å². The SMILES string of the molecule is CC(C)C(=O)NCCNCc1cc(F)c(F)cc1F. The molecule has 3 nitrogen and oxygen atoms in total. The van der Waals surface area contributed by atoms with Crippen molar-refractivity contribution in [3.05, 3.63) is 35.1 Å². The largest absolute Gasteiger partial charge is 0.355 e. The van der Waals surface area contributed by atoms with Crippen molar-refractivity contribution in [2.24, 2.45) is 5.92 Å². The first-order valence-electron chi connectivity index (χ1n) is 6.03. The molecule has 1 rings (SSSR count). The average Bonchev–Trinajstić information content (AvgIpc) is 2.34. The van der Waals surface area contributed by atoms with E-state index in [1.54, 1.807) is 13.8 Å². The Balaban J connectivity index is 2.34. The molecule has 0 atom stereocenters. The van der Waals surface area contributed by atoms with Gasteiger partial charge in [-0.2, -0.15) is 0 Å². The predicted molar refractivity (Wildman–Crippen MR) is 65.9 cm³/mol. The number of rotatable bonds is 6. The van der Waals surface area contributed by atoms with E-state index in [9.17, 15) is 18.0 Å². The van der Waals surface area contributed by atoms with Crippen LogP contribution in [-0.4, -0.2) is 19.0 Å². The van der Waals surface area contributed by atoms with Crippen LogP contribution in [0.5, 0.6) is 0 Å². The Morgan fingerprint density at radius 2 is 1.74 bits per heavy atom. The van der Waals surface area contributed by atoms with E-state index in [2.05, 4.69) is 10.6 Å². The lowest BCUT2D eigenvalue weighted by Crippen LogP contribution is -2.34. The van der Waals surface area contributed by atoms with Gasteiger partial charge in [0.2, 0.25) is 5.91 Å². The quantitative estimate of drug-likeness (QED) is 0.615. The number of hydrogen-bond donors (Lipinski definition) is 2. The van der Waals surface area contributed by atoms with Crippen molar-refractivity contribution in [3.8, 4) is 0 Å². The molecule has 0 saturated heterocycles. The number of amides is 1. The van der Waals surface area contributed by atoms with E-state index in [0.29, 0.717) is 19.2 Å². The molecule has 1 aromatic rings. The molecule has 0 aromatic heterocycles. The molecule has 0 fully saturated rings. The van der Waals surface area contributed by atoms with Crippen molar-refractivity contribution in [3.63, 3.8) is 0 Å². The Bertz CT molecular complexity index is 450. The standard InChI is InChI=1S/C13H17F3N2O/c1-8(2)13(19)18-4-3-17-7-9-5-11(15)12(16)6-10(9)14/h5-6,8,17H,3-4,7H2,1-2H3,(H,18,19). The Labute approximate surface area is 110 Å². The summed E-state index contributed by atoms with van der Waals surface area (Å²) in [6.45, 7) is 4.43. The van der Waals surface area contributed by atoms with Gasteiger partial charge >= 0.3 is 0 Å². The van der Waals surface area contributed by atoms with Crippen molar-refractivity contribution in [1.82, 2.24) is 10.6 Å². The van der Waals surface area contributed by atoms with Gasteiger partial charge in [-0.1, -0.05) is 13.8 Å². The minimum atomic E-state index is -1.20. The first-order chi connectivity index (χ1) is 8.91. The molecular weight excluding hydrogens is 257 g/mol. The zero-order valence-corrected chi connectivity index (χ0v) is 10.9. The number of nitrogens with one attached hydrogen (secondary N) is 2. The van der Waals surface area contributed by atoms with Gasteiger partial charge in [-0.3, -0.25) is 4.79 Å². The van der Waals surface area contributed by atoms with Crippen molar-refractivity contribution in [2.75, 3.05) is 13.1 Å². The first kappa shape index (κ1) is 15.5. The molecule has 0 aliphatic carbocycles. The molecule has 19 heavy (non-hydrogen) atoms. The van der Waals surface area contributed by atoms with Crippen LogP contribution in [0.3, 0.4) is 0 Å². The lowest BCUT2D eigenvalue weighted by Gasteiger charge is -2.09. The van der Waals surface area contributed by atoms with E-state index in [0.717, 1.165) is 6.07 Å². The van der Waals surface area contributed by atoms with E-state index in [-0.39, 0.29) is 23.9 Å². The third-order valence-corrected chi connectivity index (χ3v) is 2.53. The van der Waals surface area contributed by atoms with Gasteiger partial charge in [-0.05, 0) is 6.07 Å². The van der Waals surface area contributed by atoms with Gasteiger partial charge in [0.1, 0.15) is 5.82 Å². The van der Waals surface area contributed by atoms with E-state index >= 15 is 0 Å². The van der Waals surface area contributed by atoms with E-state index in [1.807, 2.05) is 0 Å². The van der Waals surface area contributed by atoms with Crippen molar-refractivity contribution in [1.29, 1.82) is 0 Å². The third-order valence-electron chi connectivity index (χ3n) is 2.53. The number of carbonyl (C=O) groups excluding carboxylic acids is 1. The highest BCUT2D eigenvalue weighted by Crippen LogP contribution is 2.13. The van der Waals surface area contributed by atoms with Gasteiger partial charge in [-0.15, -0.1) is 0 Å². The molecular formula is C13H17F3N2O. The van der Waals surface area contributed by atoms with Crippen molar-refractivity contribution >= 4 is 5.91 Å². The second kappa shape index (κ2) is 7.13. The molecule has 106 valence electrons. The molecule has 6 heteroatoms. The fourth-order valence-corrected chi connectivity index (χ4v) is 1.40. The van der Waals surface area contributed by atoms with Crippen LogP contribution in [0.25, 0.3) is 0 Å². The number of hydrogen-bond acceptors (Lipinski definition) is 2. The monoisotopic (exact) mass is 274 g/mol. The van der Waals surface area contributed by atoms with Gasteiger partial charge in [0.25, 0.3) is 0 Å². The second-order valence-electron chi connectivity index (χ2n) is 4.48. The summed E-state index contributed by atoms with van der Waals surface area (Å²) >= 11 is 0. The minimum absolute atomic E-state index is 0.0501. The summed E-state index contributed by atoms with van der Waals surface area (Å²) in [5.41, 5.74) is 0.0501. The molecule has 0 heterocycles. The Kier molecular flexibility index (Phi) is 5.82. The smallest absolute Gasteiger partial charge is 0.222 e. The van der Waals surface area contributed by atoms with Crippen LogP contribution < -0.4 is 10.6 Å². The van der Waals surface area contributed by atoms with Crippen molar-refractivity contribution in [2.45, 2.75) is 20.4 Å². The summed E-state index contributed by atoms with van der Waals surface area (Å²) < 4.78 is 38.8. The lowest BCUT2D eigenvalue weighted by molar-refractivity contribution is -0.123. The normalized spacial score (nSPS) is 10.8.